The van der Waals surface area contributed by atoms with Gasteiger partial charge in [-0.05, 0) is 18.2 Å². The molecule has 0 spiro atoms. The van der Waals surface area contributed by atoms with Gasteiger partial charge in [0.2, 0.25) is 5.56 Å². The summed E-state index contributed by atoms with van der Waals surface area (Å²) < 4.78 is 0. The number of H-pyrrole nitrogens is 1. The minimum absolute atomic E-state index is 0.302. The van der Waals surface area contributed by atoms with Crippen molar-refractivity contribution in [3.63, 3.8) is 0 Å². The van der Waals surface area contributed by atoms with Crippen molar-refractivity contribution in [1.29, 1.82) is 0 Å². The molecule has 0 fully saturated rings. The second-order valence-corrected chi connectivity index (χ2v) is 4.87. The number of pyridine rings is 1. The van der Waals surface area contributed by atoms with E-state index in [-0.39, 0.29) is 12.2 Å². The van der Waals surface area contributed by atoms with Gasteiger partial charge < -0.3 is 10.1 Å². The molecule has 0 amide bonds. The highest BCUT2D eigenvalue weighted by Gasteiger charge is 2.14. The van der Waals surface area contributed by atoms with Gasteiger partial charge >= 0.3 is 0 Å². The number of hydrogen-bond donors (Lipinski definition) is 2. The van der Waals surface area contributed by atoms with Gasteiger partial charge in [-0.25, -0.2) is 0 Å². The first-order chi connectivity index (χ1) is 8.52. The number of aliphatic hydroxyl groups is 1. The smallest absolute Gasteiger partial charge is 0.248 e. The molecule has 0 saturated carbocycles. The van der Waals surface area contributed by atoms with E-state index in [9.17, 15) is 9.90 Å². The maximum absolute atomic E-state index is 11.2. The fourth-order valence-electron chi connectivity index (χ4n) is 1.68. The fraction of sp³-hybridized carbons (Fsp3) is 0.0833. The first kappa shape index (κ1) is 13.4. The molecule has 2 aromatic rings. The molecular formula is C12H8Cl3NO2. The van der Waals surface area contributed by atoms with Crippen molar-refractivity contribution >= 4 is 34.8 Å². The summed E-state index contributed by atoms with van der Waals surface area (Å²) in [4.78, 5) is 13.7. The lowest BCUT2D eigenvalue weighted by Gasteiger charge is -2.11. The number of hydrogen-bond acceptors (Lipinski definition) is 2. The van der Waals surface area contributed by atoms with E-state index in [1.807, 2.05) is 0 Å². The van der Waals surface area contributed by atoms with Gasteiger partial charge in [-0.15, -0.1) is 0 Å². The summed E-state index contributed by atoms with van der Waals surface area (Å²) in [7, 11) is 0. The van der Waals surface area contributed by atoms with E-state index in [2.05, 4.69) is 4.98 Å². The van der Waals surface area contributed by atoms with Gasteiger partial charge in [-0.3, -0.25) is 4.79 Å². The number of aromatic amines is 1. The Morgan fingerprint density at radius 3 is 2.28 bits per heavy atom. The van der Waals surface area contributed by atoms with Gasteiger partial charge in [0.1, 0.15) is 0 Å². The zero-order chi connectivity index (χ0) is 13.3. The van der Waals surface area contributed by atoms with Gasteiger partial charge in [0.15, 0.2) is 0 Å². The lowest BCUT2D eigenvalue weighted by molar-refractivity contribution is 0.277. The molecular weight excluding hydrogens is 296 g/mol. The van der Waals surface area contributed by atoms with Crippen LogP contribution in [0, 0.1) is 0 Å². The Bertz CT molecular complexity index is 629. The van der Waals surface area contributed by atoms with Crippen molar-refractivity contribution in [2.45, 2.75) is 6.61 Å². The predicted octanol–water partition coefficient (Wildman–Crippen LogP) is 3.49. The summed E-state index contributed by atoms with van der Waals surface area (Å²) >= 11 is 18.0. The van der Waals surface area contributed by atoms with Crippen LogP contribution in [0.3, 0.4) is 0 Å². The van der Waals surface area contributed by atoms with Crippen LogP contribution < -0.4 is 5.56 Å². The van der Waals surface area contributed by atoms with Crippen LogP contribution in [0.5, 0.6) is 0 Å². The van der Waals surface area contributed by atoms with E-state index in [1.165, 1.54) is 6.07 Å². The number of benzene rings is 1. The molecule has 2 rings (SSSR count). The summed E-state index contributed by atoms with van der Waals surface area (Å²) in [6.45, 7) is -0.319. The molecule has 0 aliphatic heterocycles. The van der Waals surface area contributed by atoms with Gasteiger partial charge in [0.05, 0.1) is 22.3 Å². The molecule has 0 radical (unpaired) electrons. The molecule has 0 atom stereocenters. The Morgan fingerprint density at radius 2 is 1.72 bits per heavy atom. The first-order valence-corrected chi connectivity index (χ1v) is 6.14. The van der Waals surface area contributed by atoms with Crippen LogP contribution in [0.2, 0.25) is 15.1 Å². The van der Waals surface area contributed by atoms with Crippen LogP contribution in [0.1, 0.15) is 5.69 Å². The average Bonchev–Trinajstić information content (AvgIpc) is 2.29. The van der Waals surface area contributed by atoms with Gasteiger partial charge in [-0.2, -0.15) is 0 Å². The normalized spacial score (nSPS) is 10.7. The standard InChI is InChI=1S/C12H8Cl3NO2/c13-6-3-8(14)12(9(15)4-6)7-1-2-11(18)16-10(7)5-17/h1-4,17H,5H2,(H,16,18). The Morgan fingerprint density at radius 1 is 1.11 bits per heavy atom. The minimum atomic E-state index is -0.319. The lowest BCUT2D eigenvalue weighted by Crippen LogP contribution is -2.08. The monoisotopic (exact) mass is 303 g/mol. The highest BCUT2D eigenvalue weighted by atomic mass is 35.5. The van der Waals surface area contributed by atoms with E-state index < -0.39 is 0 Å². The highest BCUT2D eigenvalue weighted by Crippen LogP contribution is 2.37. The van der Waals surface area contributed by atoms with Crippen molar-refractivity contribution in [2.24, 2.45) is 0 Å². The highest BCUT2D eigenvalue weighted by molar-refractivity contribution is 6.41. The first-order valence-electron chi connectivity index (χ1n) is 5.01. The molecule has 0 aliphatic carbocycles. The van der Waals surface area contributed by atoms with Crippen molar-refractivity contribution in [1.82, 2.24) is 4.98 Å². The van der Waals surface area contributed by atoms with Crippen LogP contribution in [-0.2, 0) is 6.61 Å². The fourth-order valence-corrected chi connectivity index (χ4v) is 2.70. The average molecular weight is 305 g/mol. The van der Waals surface area contributed by atoms with Crippen LogP contribution in [0.4, 0.5) is 0 Å². The van der Waals surface area contributed by atoms with Crippen molar-refractivity contribution in [3.8, 4) is 11.1 Å². The molecule has 0 aliphatic rings. The van der Waals surface area contributed by atoms with E-state index in [1.54, 1.807) is 18.2 Å². The molecule has 18 heavy (non-hydrogen) atoms. The summed E-state index contributed by atoms with van der Waals surface area (Å²) in [6, 6.07) is 6.01. The molecule has 0 saturated heterocycles. The second kappa shape index (κ2) is 5.33. The van der Waals surface area contributed by atoms with Crippen molar-refractivity contribution in [2.75, 3.05) is 0 Å². The van der Waals surface area contributed by atoms with E-state index in [4.69, 9.17) is 34.8 Å². The van der Waals surface area contributed by atoms with E-state index in [0.29, 0.717) is 31.9 Å². The quantitative estimate of drug-likeness (QED) is 0.892. The molecule has 94 valence electrons. The van der Waals surface area contributed by atoms with E-state index >= 15 is 0 Å². The summed E-state index contributed by atoms with van der Waals surface area (Å²) in [5.74, 6) is 0. The predicted molar refractivity (Wildman–Crippen MR) is 73.5 cm³/mol. The van der Waals surface area contributed by atoms with Crippen molar-refractivity contribution in [3.05, 3.63) is 55.4 Å². The molecule has 2 N–H and O–H groups in total. The number of rotatable bonds is 2. The summed E-state index contributed by atoms with van der Waals surface area (Å²) in [5.41, 5.74) is 1.16. The molecule has 3 nitrogen and oxygen atoms in total. The zero-order valence-electron chi connectivity index (χ0n) is 9.01. The number of halogens is 3. The maximum atomic E-state index is 11.2. The molecule has 0 bridgehead atoms. The number of aromatic nitrogens is 1. The van der Waals surface area contributed by atoms with Gasteiger partial charge in [0.25, 0.3) is 0 Å². The van der Waals surface area contributed by atoms with Crippen LogP contribution in [0.15, 0.2) is 29.1 Å². The van der Waals surface area contributed by atoms with Gasteiger partial charge in [-0.1, -0.05) is 34.8 Å². The maximum Gasteiger partial charge on any atom is 0.248 e. The molecule has 1 aromatic heterocycles. The third-order valence-corrected chi connectivity index (χ3v) is 3.25. The zero-order valence-corrected chi connectivity index (χ0v) is 11.3. The minimum Gasteiger partial charge on any atom is -0.390 e. The van der Waals surface area contributed by atoms with Crippen LogP contribution >= 0.6 is 34.8 Å². The van der Waals surface area contributed by atoms with Gasteiger partial charge in [0, 0.05) is 22.2 Å². The number of nitrogens with one attached hydrogen (secondary N) is 1. The molecule has 0 unspecified atom stereocenters. The summed E-state index contributed by atoms with van der Waals surface area (Å²) in [6.07, 6.45) is 0. The third kappa shape index (κ3) is 2.54. The summed E-state index contributed by atoms with van der Waals surface area (Å²) in [5, 5.41) is 10.4. The Kier molecular flexibility index (Phi) is 3.97. The molecule has 1 aromatic carbocycles. The van der Waals surface area contributed by atoms with Crippen LogP contribution in [0.25, 0.3) is 11.1 Å². The lowest BCUT2D eigenvalue weighted by atomic mass is 10.0. The molecule has 6 heteroatoms. The second-order valence-electron chi connectivity index (χ2n) is 3.62. The van der Waals surface area contributed by atoms with Crippen LogP contribution in [-0.4, -0.2) is 10.1 Å². The van der Waals surface area contributed by atoms with E-state index in [0.717, 1.165) is 0 Å². The Hall–Kier alpha value is -1.00. The Balaban J connectivity index is 2.73. The SMILES string of the molecule is O=c1ccc(-c2c(Cl)cc(Cl)cc2Cl)c(CO)[nH]1. The number of aliphatic hydroxyl groups excluding tert-OH is 1. The topological polar surface area (TPSA) is 53.1 Å². The van der Waals surface area contributed by atoms with Crippen molar-refractivity contribution < 1.29 is 5.11 Å². The Labute approximate surface area is 118 Å². The third-order valence-electron chi connectivity index (χ3n) is 2.43. The largest absolute Gasteiger partial charge is 0.390 e. The molecule has 1 heterocycles.